The molecule has 148 valence electrons. The molecule has 0 radical (unpaired) electrons. The number of halogens is 2. The van der Waals surface area contributed by atoms with Crippen LogP contribution in [0.15, 0.2) is 24.3 Å². The number of benzene rings is 1. The minimum Gasteiger partial charge on any atom is -0.348 e. The van der Waals surface area contributed by atoms with Gasteiger partial charge in [-0.2, -0.15) is 0 Å². The summed E-state index contributed by atoms with van der Waals surface area (Å²) in [7, 11) is -2.86. The lowest BCUT2D eigenvalue weighted by atomic mass is 10.1. The zero-order valence-corrected chi connectivity index (χ0v) is 17.1. The Hall–Kier alpha value is -0.860. The summed E-state index contributed by atoms with van der Waals surface area (Å²) in [6.07, 6.45) is 2.10. The lowest BCUT2D eigenvalue weighted by Crippen LogP contribution is -2.45. The fourth-order valence-electron chi connectivity index (χ4n) is 3.22. The first-order valence-corrected chi connectivity index (χ1v) is 10.4. The van der Waals surface area contributed by atoms with Crippen LogP contribution in [0.3, 0.4) is 0 Å². The highest BCUT2D eigenvalue weighted by molar-refractivity contribution is 7.91. The number of hydrogen-bond acceptors (Lipinski definition) is 5. The molecule has 2 heterocycles. The third kappa shape index (κ3) is 6.70. The molecule has 2 N–H and O–H groups in total. The van der Waals surface area contributed by atoms with Crippen LogP contribution in [-0.4, -0.2) is 63.0 Å². The van der Waals surface area contributed by atoms with Crippen LogP contribution in [0.25, 0.3) is 0 Å². The Morgan fingerprint density at radius 3 is 2.62 bits per heavy atom. The Morgan fingerprint density at radius 1 is 1.23 bits per heavy atom. The first-order chi connectivity index (χ1) is 11.5. The van der Waals surface area contributed by atoms with Gasteiger partial charge in [-0.3, -0.25) is 9.69 Å². The van der Waals surface area contributed by atoms with Gasteiger partial charge in [-0.25, -0.2) is 8.42 Å². The van der Waals surface area contributed by atoms with E-state index in [2.05, 4.69) is 15.5 Å². The van der Waals surface area contributed by atoms with Crippen molar-refractivity contribution < 1.29 is 13.2 Å². The predicted octanol–water partition coefficient (Wildman–Crippen LogP) is 1.24. The molecule has 0 unspecified atom stereocenters. The molecule has 2 aliphatic heterocycles. The van der Waals surface area contributed by atoms with Crippen LogP contribution in [-0.2, 0) is 16.4 Å². The van der Waals surface area contributed by atoms with Crippen LogP contribution < -0.4 is 10.6 Å². The second-order valence-electron chi connectivity index (χ2n) is 6.65. The fraction of sp³-hybridized carbons (Fsp3) is 0.588. The highest BCUT2D eigenvalue weighted by atomic mass is 35.5. The van der Waals surface area contributed by atoms with E-state index >= 15 is 0 Å². The van der Waals surface area contributed by atoms with Crippen molar-refractivity contribution in [3.8, 4) is 0 Å². The Balaban J connectivity index is 0.00000169. The second-order valence-corrected chi connectivity index (χ2v) is 8.95. The standard InChI is InChI=1S/C17H25N3O3S.2ClH/c21-17(19-16-5-2-6-18-12-16)15-4-1-3-14(11-15)13-20-7-9-24(22,23)10-8-20;;/h1,3-4,11,16,18H,2,5-10,12-13H2,(H,19,21);2*1H/t16-;;/m0../s1. The van der Waals surface area contributed by atoms with Crippen LogP contribution in [0.2, 0.25) is 0 Å². The average Bonchev–Trinajstić information content (AvgIpc) is 2.58. The normalized spacial score (nSPS) is 22.5. The molecule has 2 fully saturated rings. The van der Waals surface area contributed by atoms with Gasteiger partial charge in [0.25, 0.3) is 5.91 Å². The molecular formula is C17H27Cl2N3O3S. The number of amides is 1. The van der Waals surface area contributed by atoms with Gasteiger partial charge in [-0.05, 0) is 37.1 Å². The Kier molecular flexibility index (Phi) is 9.33. The summed E-state index contributed by atoms with van der Waals surface area (Å²) < 4.78 is 23.0. The molecule has 1 aromatic carbocycles. The summed E-state index contributed by atoms with van der Waals surface area (Å²) in [5, 5.41) is 6.38. The maximum atomic E-state index is 12.4. The maximum Gasteiger partial charge on any atom is 0.251 e. The minimum absolute atomic E-state index is 0. The van der Waals surface area contributed by atoms with E-state index in [-0.39, 0.29) is 48.3 Å². The van der Waals surface area contributed by atoms with E-state index in [1.165, 1.54) is 0 Å². The number of hydrogen-bond donors (Lipinski definition) is 2. The third-order valence-corrected chi connectivity index (χ3v) is 6.27. The van der Waals surface area contributed by atoms with E-state index in [0.717, 1.165) is 31.5 Å². The molecule has 0 aromatic heterocycles. The van der Waals surface area contributed by atoms with Gasteiger partial charge < -0.3 is 10.6 Å². The molecule has 6 nitrogen and oxygen atoms in total. The molecule has 3 rings (SSSR count). The van der Waals surface area contributed by atoms with Crippen LogP contribution in [0.1, 0.15) is 28.8 Å². The summed E-state index contributed by atoms with van der Waals surface area (Å²) in [5.74, 6) is 0.413. The van der Waals surface area contributed by atoms with E-state index < -0.39 is 9.84 Å². The van der Waals surface area contributed by atoms with Gasteiger partial charge in [-0.1, -0.05) is 12.1 Å². The zero-order valence-electron chi connectivity index (χ0n) is 14.6. The molecule has 0 spiro atoms. The molecule has 2 aliphatic rings. The molecule has 0 saturated carbocycles. The van der Waals surface area contributed by atoms with Crippen molar-refractivity contribution in [1.29, 1.82) is 0 Å². The highest BCUT2D eigenvalue weighted by Gasteiger charge is 2.22. The summed E-state index contributed by atoms with van der Waals surface area (Å²) in [5.41, 5.74) is 1.71. The molecule has 0 bridgehead atoms. The zero-order chi connectivity index (χ0) is 17.0. The van der Waals surface area contributed by atoms with Gasteiger partial charge in [0.1, 0.15) is 0 Å². The van der Waals surface area contributed by atoms with E-state index in [9.17, 15) is 13.2 Å². The van der Waals surface area contributed by atoms with E-state index in [0.29, 0.717) is 25.2 Å². The highest BCUT2D eigenvalue weighted by Crippen LogP contribution is 2.12. The number of nitrogens with zero attached hydrogens (tertiary/aromatic N) is 1. The van der Waals surface area contributed by atoms with Gasteiger partial charge in [0.2, 0.25) is 0 Å². The quantitative estimate of drug-likeness (QED) is 0.761. The number of carbonyl (C=O) groups excluding carboxylic acids is 1. The SMILES string of the molecule is Cl.Cl.O=C(N[C@H]1CCCNC1)c1cccc(CN2CCS(=O)(=O)CC2)c1. The molecule has 1 amide bonds. The number of rotatable bonds is 4. The van der Waals surface area contributed by atoms with Gasteiger partial charge in [0, 0.05) is 37.8 Å². The van der Waals surface area contributed by atoms with Crippen molar-refractivity contribution in [1.82, 2.24) is 15.5 Å². The third-order valence-electron chi connectivity index (χ3n) is 4.66. The fourth-order valence-corrected chi connectivity index (χ4v) is 4.50. The van der Waals surface area contributed by atoms with Crippen molar-refractivity contribution >= 4 is 40.6 Å². The number of piperidine rings is 1. The minimum atomic E-state index is -2.86. The molecule has 26 heavy (non-hydrogen) atoms. The van der Waals surface area contributed by atoms with Gasteiger partial charge in [0.05, 0.1) is 11.5 Å². The van der Waals surface area contributed by atoms with E-state index in [1.54, 1.807) is 0 Å². The van der Waals surface area contributed by atoms with Crippen LogP contribution in [0.4, 0.5) is 0 Å². The number of carbonyl (C=O) groups is 1. The molecule has 1 aromatic rings. The lowest BCUT2D eigenvalue weighted by molar-refractivity contribution is 0.0930. The molecule has 2 saturated heterocycles. The Morgan fingerprint density at radius 2 is 1.96 bits per heavy atom. The van der Waals surface area contributed by atoms with Gasteiger partial charge in [0.15, 0.2) is 9.84 Å². The van der Waals surface area contributed by atoms with Crippen LogP contribution in [0.5, 0.6) is 0 Å². The molecule has 9 heteroatoms. The second kappa shape index (κ2) is 10.5. The van der Waals surface area contributed by atoms with Crippen molar-refractivity contribution in [2.75, 3.05) is 37.7 Å². The van der Waals surface area contributed by atoms with Crippen molar-refractivity contribution in [2.24, 2.45) is 0 Å². The van der Waals surface area contributed by atoms with Gasteiger partial charge in [-0.15, -0.1) is 24.8 Å². The Labute approximate surface area is 167 Å². The van der Waals surface area contributed by atoms with Gasteiger partial charge >= 0.3 is 0 Å². The first kappa shape index (κ1) is 23.2. The molecule has 1 atom stereocenters. The maximum absolute atomic E-state index is 12.4. The van der Waals surface area contributed by atoms with Crippen molar-refractivity contribution in [3.63, 3.8) is 0 Å². The summed E-state index contributed by atoms with van der Waals surface area (Å²) in [6.45, 7) is 3.65. The van der Waals surface area contributed by atoms with Crippen LogP contribution in [0, 0.1) is 0 Å². The predicted molar refractivity (Wildman–Crippen MR) is 108 cm³/mol. The number of sulfone groups is 1. The first-order valence-electron chi connectivity index (χ1n) is 8.55. The van der Waals surface area contributed by atoms with Crippen molar-refractivity contribution in [3.05, 3.63) is 35.4 Å². The van der Waals surface area contributed by atoms with Crippen molar-refractivity contribution in [2.45, 2.75) is 25.4 Å². The van der Waals surface area contributed by atoms with E-state index in [1.807, 2.05) is 24.3 Å². The monoisotopic (exact) mass is 423 g/mol. The van der Waals surface area contributed by atoms with E-state index in [4.69, 9.17) is 0 Å². The molecular weight excluding hydrogens is 397 g/mol. The smallest absolute Gasteiger partial charge is 0.251 e. The van der Waals surface area contributed by atoms with Crippen LogP contribution >= 0.6 is 24.8 Å². The lowest BCUT2D eigenvalue weighted by Gasteiger charge is -2.26. The largest absolute Gasteiger partial charge is 0.348 e. The summed E-state index contributed by atoms with van der Waals surface area (Å²) in [6, 6.07) is 7.82. The molecule has 0 aliphatic carbocycles. The Bertz CT molecular complexity index is 680. The topological polar surface area (TPSA) is 78.5 Å². The average molecular weight is 424 g/mol. The summed E-state index contributed by atoms with van der Waals surface area (Å²) >= 11 is 0. The summed E-state index contributed by atoms with van der Waals surface area (Å²) in [4.78, 5) is 14.5. The number of nitrogens with one attached hydrogen (secondary N) is 2.